The normalized spacial score (nSPS) is 24.0. The van der Waals surface area contributed by atoms with E-state index >= 15 is 0 Å². The first-order valence-corrected chi connectivity index (χ1v) is 5.80. The second kappa shape index (κ2) is 1.26. The second-order valence-electron chi connectivity index (χ2n) is 0.854. The fourth-order valence-corrected chi connectivity index (χ4v) is 1.95. The van der Waals surface area contributed by atoms with Crippen LogP contribution < -0.4 is 0 Å². The molecule has 0 bridgehead atoms. The SMILES string of the molecule is [CH2]1[Si][CH2][Ge]1. The first-order chi connectivity index (χ1) is 2.00. The molecule has 1 saturated heterocycles. The predicted molar refractivity (Wildman–Crippen MR) is 21.1 cm³/mol. The minimum atomic E-state index is 0.707. The molecule has 0 aromatic heterocycles. The van der Waals surface area contributed by atoms with Crippen LogP contribution >= 0.6 is 0 Å². The van der Waals surface area contributed by atoms with Gasteiger partial charge in [0, 0.05) is 0 Å². The molecule has 0 aliphatic carbocycles. The quantitative estimate of drug-likeness (QED) is 0.408. The molecule has 0 unspecified atom stereocenters. The van der Waals surface area contributed by atoms with Gasteiger partial charge in [0.1, 0.15) is 0 Å². The molecule has 0 N–H and O–H groups in total. The van der Waals surface area contributed by atoms with Crippen LogP contribution in [0.15, 0.2) is 0 Å². The van der Waals surface area contributed by atoms with E-state index in [9.17, 15) is 0 Å². The van der Waals surface area contributed by atoms with Gasteiger partial charge in [-0.15, -0.1) is 0 Å². The van der Waals surface area contributed by atoms with Crippen molar-refractivity contribution in [3.63, 3.8) is 0 Å². The van der Waals surface area contributed by atoms with Crippen LogP contribution in [0, 0.1) is 0 Å². The van der Waals surface area contributed by atoms with Gasteiger partial charge in [-0.2, -0.15) is 0 Å². The van der Waals surface area contributed by atoms with Crippen LogP contribution in [0.5, 0.6) is 0 Å². The third-order valence-corrected chi connectivity index (χ3v) is 7.79. The van der Waals surface area contributed by atoms with E-state index in [0.717, 1.165) is 0 Å². The second-order valence-corrected chi connectivity index (χ2v) is 7.56. The van der Waals surface area contributed by atoms with Gasteiger partial charge in [0.2, 0.25) is 0 Å². The van der Waals surface area contributed by atoms with Crippen molar-refractivity contribution in [2.24, 2.45) is 0 Å². The van der Waals surface area contributed by atoms with E-state index in [1.165, 1.54) is 9.52 Å². The molecule has 1 aliphatic rings. The number of hydrogen-bond donors (Lipinski definition) is 0. The van der Waals surface area contributed by atoms with Crippen molar-refractivity contribution in [3.05, 3.63) is 0 Å². The molecule has 0 nitrogen and oxygen atoms in total. The molecule has 1 heterocycles. The Morgan fingerprint density at radius 1 is 1.50 bits per heavy atom. The summed E-state index contributed by atoms with van der Waals surface area (Å²) in [6, 6.07) is 0. The minimum absolute atomic E-state index is 0.707. The van der Waals surface area contributed by atoms with Gasteiger partial charge in [-0.3, -0.25) is 0 Å². The number of rotatable bonds is 0. The molecule has 1 rings (SSSR count). The average molecular weight is 129 g/mol. The van der Waals surface area contributed by atoms with Crippen molar-refractivity contribution in [3.8, 4) is 0 Å². The third-order valence-electron chi connectivity index (χ3n) is 0.500. The van der Waals surface area contributed by atoms with Gasteiger partial charge in [0.05, 0.1) is 0 Å². The fraction of sp³-hybridized carbons (Fsp3) is 1.00. The Bertz CT molecular complexity index is 14.0. The van der Waals surface area contributed by atoms with E-state index in [2.05, 4.69) is 0 Å². The topological polar surface area (TPSA) is 0 Å². The maximum absolute atomic E-state index is 1.65. The van der Waals surface area contributed by atoms with E-state index in [1.54, 1.807) is 9.75 Å². The Hall–Kier alpha value is 0.760. The Morgan fingerprint density at radius 2 is 1.75 bits per heavy atom. The summed E-state index contributed by atoms with van der Waals surface area (Å²) in [7, 11) is 1.38. The molecule has 0 aromatic rings. The molecule has 0 atom stereocenters. The van der Waals surface area contributed by atoms with Gasteiger partial charge in [-0.1, -0.05) is 0 Å². The average Bonchev–Trinajstić information content (AvgIpc) is 0.722. The van der Waals surface area contributed by atoms with E-state index in [-0.39, 0.29) is 0 Å². The molecule has 0 aromatic carbocycles. The van der Waals surface area contributed by atoms with E-state index in [0.29, 0.717) is 15.4 Å². The molecule has 0 spiro atoms. The zero-order valence-corrected chi connectivity index (χ0v) is 5.51. The van der Waals surface area contributed by atoms with Gasteiger partial charge in [-0.05, 0) is 0 Å². The van der Waals surface area contributed by atoms with E-state index in [4.69, 9.17) is 0 Å². The summed E-state index contributed by atoms with van der Waals surface area (Å²) in [5.74, 6) is 0. The van der Waals surface area contributed by atoms with Crippen molar-refractivity contribution >= 4 is 25.0 Å². The predicted octanol–water partition coefficient (Wildman–Crippen LogP) is 0.160. The molecule has 0 amide bonds. The van der Waals surface area contributed by atoms with Crippen molar-refractivity contribution in [2.45, 2.75) is 9.75 Å². The van der Waals surface area contributed by atoms with Crippen LogP contribution in [0.2, 0.25) is 9.75 Å². The van der Waals surface area contributed by atoms with Gasteiger partial charge >= 0.3 is 34.7 Å². The summed E-state index contributed by atoms with van der Waals surface area (Å²) in [6.45, 7) is 0. The fourth-order valence-electron chi connectivity index (χ4n) is 0.125. The van der Waals surface area contributed by atoms with Crippen molar-refractivity contribution in [1.29, 1.82) is 0 Å². The first kappa shape index (κ1) is 2.97. The van der Waals surface area contributed by atoms with Crippen LogP contribution in [0.4, 0.5) is 0 Å². The molecule has 2 heteroatoms. The van der Waals surface area contributed by atoms with Gasteiger partial charge in [0.15, 0.2) is 0 Å². The summed E-state index contributed by atoms with van der Waals surface area (Å²) in [5.41, 5.74) is 0. The van der Waals surface area contributed by atoms with Crippen LogP contribution in [0.1, 0.15) is 0 Å². The van der Waals surface area contributed by atoms with Crippen LogP contribution in [-0.4, -0.2) is 25.0 Å². The molecule has 0 saturated carbocycles. The Labute approximate surface area is 35.3 Å². The van der Waals surface area contributed by atoms with Gasteiger partial charge in [-0.25, -0.2) is 0 Å². The van der Waals surface area contributed by atoms with Crippen LogP contribution in [-0.2, 0) is 0 Å². The molecule has 1 fully saturated rings. The third kappa shape index (κ3) is 0.377. The molecule has 4 radical (unpaired) electrons. The first-order valence-electron chi connectivity index (χ1n) is 1.41. The summed E-state index contributed by atoms with van der Waals surface area (Å²) in [5, 5.41) is 0. The van der Waals surface area contributed by atoms with Gasteiger partial charge in [0.25, 0.3) is 0 Å². The number of hydrogen-bond acceptors (Lipinski definition) is 0. The van der Waals surface area contributed by atoms with Crippen LogP contribution in [0.25, 0.3) is 0 Å². The summed E-state index contributed by atoms with van der Waals surface area (Å²) >= 11 is 0.707. The zero-order valence-electron chi connectivity index (χ0n) is 2.41. The maximum atomic E-state index is 1.65. The summed E-state index contributed by atoms with van der Waals surface area (Å²) in [4.78, 5) is 3.31. The van der Waals surface area contributed by atoms with Crippen molar-refractivity contribution in [1.82, 2.24) is 0 Å². The Balaban J connectivity index is 2.00. The zero-order chi connectivity index (χ0) is 2.83. The summed E-state index contributed by atoms with van der Waals surface area (Å²) < 4.78 is 0. The molecular formula is C2H4GeSi. The van der Waals surface area contributed by atoms with Gasteiger partial charge < -0.3 is 0 Å². The Kier molecular flexibility index (Phi) is 0.938. The summed E-state index contributed by atoms with van der Waals surface area (Å²) in [6.07, 6.45) is 0. The standard InChI is InChI=1S/C2H4GeSi/c1-3-2-4-1/h1-2H2. The van der Waals surface area contributed by atoms with Crippen LogP contribution in [0.3, 0.4) is 0 Å². The molecule has 20 valence electrons. The molecular weight excluding hydrogens is 125 g/mol. The molecule has 4 heavy (non-hydrogen) atoms. The molecule has 1 aliphatic heterocycles. The Morgan fingerprint density at radius 3 is 1.75 bits per heavy atom. The van der Waals surface area contributed by atoms with Crippen molar-refractivity contribution < 1.29 is 0 Å². The van der Waals surface area contributed by atoms with Crippen molar-refractivity contribution in [2.75, 3.05) is 0 Å². The van der Waals surface area contributed by atoms with E-state index < -0.39 is 0 Å². The monoisotopic (exact) mass is 130 g/mol. The van der Waals surface area contributed by atoms with E-state index in [1.807, 2.05) is 0 Å².